The molecule has 10 heteroatoms. The monoisotopic (exact) mass is 599 g/mol. The molecule has 0 fully saturated rings. The first-order chi connectivity index (χ1) is 19.3. The maximum absolute atomic E-state index is 14.2. The van der Waals surface area contributed by atoms with Crippen molar-refractivity contribution < 1.29 is 22.7 Å². The standard InChI is InChI=1S/C31H38ClN3O5S/c1-7-27(30(37)33-31(3,4)5)34(20-23-14-17-25(40-6)18-15-23)29(36)21-35(28-19-24(32)16-13-22(28)2)41(38,39)26-11-9-8-10-12-26/h8-19,27H,7,20-21H2,1-6H3,(H,33,37)/t27-/m0/s1. The van der Waals surface area contributed by atoms with Crippen molar-refractivity contribution in [3.05, 3.63) is 88.9 Å². The van der Waals surface area contributed by atoms with Crippen LogP contribution in [0.4, 0.5) is 5.69 Å². The molecule has 8 nitrogen and oxygen atoms in total. The fraction of sp³-hybridized carbons (Fsp3) is 0.355. The van der Waals surface area contributed by atoms with Gasteiger partial charge in [0.1, 0.15) is 18.3 Å². The Morgan fingerprint density at radius 1 is 1.00 bits per heavy atom. The molecular weight excluding hydrogens is 562 g/mol. The predicted octanol–water partition coefficient (Wildman–Crippen LogP) is 5.57. The molecule has 0 aromatic heterocycles. The van der Waals surface area contributed by atoms with Gasteiger partial charge in [-0.15, -0.1) is 0 Å². The number of benzene rings is 3. The van der Waals surface area contributed by atoms with E-state index < -0.39 is 34.1 Å². The van der Waals surface area contributed by atoms with Crippen molar-refractivity contribution in [3.63, 3.8) is 0 Å². The van der Waals surface area contributed by atoms with Gasteiger partial charge in [-0.2, -0.15) is 0 Å². The summed E-state index contributed by atoms with van der Waals surface area (Å²) in [7, 11) is -2.61. The maximum Gasteiger partial charge on any atom is 0.264 e. The summed E-state index contributed by atoms with van der Waals surface area (Å²) >= 11 is 6.28. The number of halogens is 1. The topological polar surface area (TPSA) is 96.0 Å². The van der Waals surface area contributed by atoms with E-state index in [1.54, 1.807) is 56.5 Å². The minimum Gasteiger partial charge on any atom is -0.497 e. The van der Waals surface area contributed by atoms with Crippen molar-refractivity contribution >= 4 is 39.1 Å². The molecule has 0 saturated heterocycles. The average Bonchev–Trinajstić information content (AvgIpc) is 2.92. The summed E-state index contributed by atoms with van der Waals surface area (Å²) < 4.78 is 34.3. The lowest BCUT2D eigenvalue weighted by Crippen LogP contribution is -2.55. The van der Waals surface area contributed by atoms with Crippen LogP contribution in [0.25, 0.3) is 0 Å². The van der Waals surface area contributed by atoms with Crippen LogP contribution < -0.4 is 14.4 Å². The highest BCUT2D eigenvalue weighted by Crippen LogP contribution is 2.30. The number of sulfonamides is 1. The molecule has 0 spiro atoms. The van der Waals surface area contributed by atoms with E-state index >= 15 is 0 Å². The zero-order valence-electron chi connectivity index (χ0n) is 24.3. The van der Waals surface area contributed by atoms with E-state index in [1.165, 1.54) is 23.1 Å². The van der Waals surface area contributed by atoms with Gasteiger partial charge in [0.05, 0.1) is 17.7 Å². The van der Waals surface area contributed by atoms with Crippen LogP contribution in [0, 0.1) is 6.92 Å². The number of hydrogen-bond acceptors (Lipinski definition) is 5. The van der Waals surface area contributed by atoms with Crippen LogP contribution in [0.1, 0.15) is 45.2 Å². The van der Waals surface area contributed by atoms with Gasteiger partial charge in [0, 0.05) is 17.1 Å². The number of carbonyl (C=O) groups excluding carboxylic acids is 2. The zero-order chi connectivity index (χ0) is 30.4. The van der Waals surface area contributed by atoms with E-state index in [0.717, 1.165) is 9.87 Å². The summed E-state index contributed by atoms with van der Waals surface area (Å²) in [5.41, 5.74) is 1.14. The Labute approximate surface area is 248 Å². The number of anilines is 1. The van der Waals surface area contributed by atoms with Crippen molar-refractivity contribution in [2.75, 3.05) is 18.0 Å². The SMILES string of the molecule is CC[C@@H](C(=O)NC(C)(C)C)N(Cc1ccc(OC)cc1)C(=O)CN(c1cc(Cl)ccc1C)S(=O)(=O)c1ccccc1. The van der Waals surface area contributed by atoms with E-state index in [2.05, 4.69) is 5.32 Å². The van der Waals surface area contributed by atoms with Crippen molar-refractivity contribution in [1.82, 2.24) is 10.2 Å². The Balaban J connectivity index is 2.10. The predicted molar refractivity (Wildman–Crippen MR) is 163 cm³/mol. The lowest BCUT2D eigenvalue weighted by Gasteiger charge is -2.35. The van der Waals surface area contributed by atoms with E-state index in [0.29, 0.717) is 22.8 Å². The maximum atomic E-state index is 14.2. The molecule has 3 aromatic rings. The molecule has 0 radical (unpaired) electrons. The molecular formula is C31H38ClN3O5S. The number of methoxy groups -OCH3 is 1. The minimum absolute atomic E-state index is 0.0337. The molecule has 0 aliphatic rings. The third-order valence-electron chi connectivity index (χ3n) is 6.45. The van der Waals surface area contributed by atoms with Crippen LogP contribution in [-0.4, -0.2) is 50.4 Å². The van der Waals surface area contributed by atoms with Crippen LogP contribution >= 0.6 is 11.6 Å². The van der Waals surface area contributed by atoms with Crippen molar-refractivity contribution in [2.45, 2.75) is 64.1 Å². The Kier molecular flexibility index (Phi) is 10.4. The quantitative estimate of drug-likeness (QED) is 0.311. The first-order valence-corrected chi connectivity index (χ1v) is 15.2. The number of aryl methyl sites for hydroxylation is 1. The van der Waals surface area contributed by atoms with Gasteiger partial charge < -0.3 is 15.0 Å². The second-order valence-electron chi connectivity index (χ2n) is 10.8. The number of rotatable bonds is 11. The van der Waals surface area contributed by atoms with E-state index in [4.69, 9.17) is 16.3 Å². The lowest BCUT2D eigenvalue weighted by molar-refractivity contribution is -0.141. The average molecular weight is 600 g/mol. The third kappa shape index (κ3) is 8.24. The van der Waals surface area contributed by atoms with Crippen molar-refractivity contribution in [3.8, 4) is 5.75 Å². The molecule has 0 bridgehead atoms. The largest absolute Gasteiger partial charge is 0.497 e. The summed E-state index contributed by atoms with van der Waals surface area (Å²) in [4.78, 5) is 29.1. The fourth-order valence-electron chi connectivity index (χ4n) is 4.38. The highest BCUT2D eigenvalue weighted by atomic mass is 35.5. The molecule has 0 aliphatic carbocycles. The minimum atomic E-state index is -4.18. The molecule has 3 aromatic carbocycles. The molecule has 0 saturated carbocycles. The Morgan fingerprint density at radius 2 is 1.63 bits per heavy atom. The fourth-order valence-corrected chi connectivity index (χ4v) is 6.04. The van der Waals surface area contributed by atoms with Crippen LogP contribution in [0.2, 0.25) is 5.02 Å². The molecule has 2 amide bonds. The number of ether oxygens (including phenoxy) is 1. The Hall–Kier alpha value is -3.56. The highest BCUT2D eigenvalue weighted by Gasteiger charge is 2.35. The van der Waals surface area contributed by atoms with Gasteiger partial charge in [-0.1, -0.05) is 54.9 Å². The molecule has 41 heavy (non-hydrogen) atoms. The van der Waals surface area contributed by atoms with Crippen molar-refractivity contribution in [2.24, 2.45) is 0 Å². The van der Waals surface area contributed by atoms with Gasteiger partial charge in [0.25, 0.3) is 10.0 Å². The van der Waals surface area contributed by atoms with Crippen LogP contribution in [0.5, 0.6) is 5.75 Å². The molecule has 0 aliphatic heterocycles. The van der Waals surface area contributed by atoms with Gasteiger partial charge in [0.2, 0.25) is 11.8 Å². The van der Waals surface area contributed by atoms with Gasteiger partial charge in [-0.3, -0.25) is 13.9 Å². The summed E-state index contributed by atoms with van der Waals surface area (Å²) in [5.74, 6) is -0.199. The normalized spacial score (nSPS) is 12.4. The summed E-state index contributed by atoms with van der Waals surface area (Å²) in [6.07, 6.45) is 0.325. The van der Waals surface area contributed by atoms with Crippen LogP contribution in [0.15, 0.2) is 77.7 Å². The van der Waals surface area contributed by atoms with Gasteiger partial charge in [0.15, 0.2) is 0 Å². The first kappa shape index (κ1) is 32.0. The molecule has 3 rings (SSSR count). The molecule has 0 unspecified atom stereocenters. The number of nitrogens with one attached hydrogen (secondary N) is 1. The zero-order valence-corrected chi connectivity index (χ0v) is 25.9. The molecule has 1 atom stereocenters. The summed E-state index contributed by atoms with van der Waals surface area (Å²) in [6.45, 7) is 8.72. The summed E-state index contributed by atoms with van der Waals surface area (Å²) in [6, 6.07) is 19.1. The Bertz CT molecular complexity index is 1460. The number of hydrogen-bond donors (Lipinski definition) is 1. The number of carbonyl (C=O) groups is 2. The molecule has 0 heterocycles. The highest BCUT2D eigenvalue weighted by molar-refractivity contribution is 7.92. The Morgan fingerprint density at radius 3 is 2.20 bits per heavy atom. The van der Waals surface area contributed by atoms with Gasteiger partial charge >= 0.3 is 0 Å². The summed E-state index contributed by atoms with van der Waals surface area (Å²) in [5, 5.41) is 3.30. The second-order valence-corrected chi connectivity index (χ2v) is 13.1. The first-order valence-electron chi connectivity index (χ1n) is 13.3. The number of nitrogens with zero attached hydrogens (tertiary/aromatic N) is 2. The number of amides is 2. The van der Waals surface area contributed by atoms with E-state index in [9.17, 15) is 18.0 Å². The van der Waals surface area contributed by atoms with Crippen LogP contribution in [0.3, 0.4) is 0 Å². The van der Waals surface area contributed by atoms with Crippen molar-refractivity contribution in [1.29, 1.82) is 0 Å². The van der Waals surface area contributed by atoms with Gasteiger partial charge in [-0.25, -0.2) is 8.42 Å². The van der Waals surface area contributed by atoms with E-state index in [1.807, 2.05) is 39.8 Å². The lowest BCUT2D eigenvalue weighted by atomic mass is 10.1. The smallest absolute Gasteiger partial charge is 0.264 e. The van der Waals surface area contributed by atoms with Crippen LogP contribution in [-0.2, 0) is 26.2 Å². The molecule has 220 valence electrons. The second kappa shape index (κ2) is 13.4. The third-order valence-corrected chi connectivity index (χ3v) is 8.46. The van der Waals surface area contributed by atoms with E-state index in [-0.39, 0.29) is 23.0 Å². The van der Waals surface area contributed by atoms with Gasteiger partial charge in [-0.05, 0) is 81.6 Å². The molecule has 1 N–H and O–H groups in total.